The second-order valence-electron chi connectivity index (χ2n) is 4.95. The van der Waals surface area contributed by atoms with Crippen molar-refractivity contribution in [3.05, 3.63) is 29.3 Å². The molecule has 0 aliphatic carbocycles. The van der Waals surface area contributed by atoms with E-state index in [1.165, 1.54) is 30.8 Å². The Bertz CT molecular complexity index is 386. The molecule has 1 saturated heterocycles. The van der Waals surface area contributed by atoms with Gasteiger partial charge in [-0.25, -0.2) is 0 Å². The molecule has 0 radical (unpaired) electrons. The van der Waals surface area contributed by atoms with Crippen LogP contribution in [0.2, 0.25) is 0 Å². The van der Waals surface area contributed by atoms with Crippen LogP contribution in [-0.2, 0) is 0 Å². The lowest BCUT2D eigenvalue weighted by Gasteiger charge is -2.32. The minimum Gasteiger partial charge on any atom is -0.380 e. The number of para-hydroxylation sites is 1. The number of nitrogens with one attached hydrogen (secondary N) is 1. The first kappa shape index (κ1) is 9.22. The van der Waals surface area contributed by atoms with Crippen LogP contribution in [0, 0.1) is 6.92 Å². The molecule has 2 unspecified atom stereocenters. The number of aryl methyl sites for hydroxylation is 1. The molecule has 2 nitrogen and oxygen atoms in total. The summed E-state index contributed by atoms with van der Waals surface area (Å²) in [7, 11) is 2.22. The minimum atomic E-state index is 0.639. The van der Waals surface area contributed by atoms with Gasteiger partial charge in [-0.05, 0) is 38.1 Å². The first-order chi connectivity index (χ1) is 7.25. The molecule has 2 aliphatic rings. The van der Waals surface area contributed by atoms with E-state index in [2.05, 4.69) is 42.4 Å². The second kappa shape index (κ2) is 3.24. The monoisotopic (exact) mass is 202 g/mol. The number of likely N-dealkylation sites (N-methyl/N-ethyl adjacent to an activating group) is 1. The Morgan fingerprint density at radius 3 is 3.13 bits per heavy atom. The maximum absolute atomic E-state index is 3.69. The van der Waals surface area contributed by atoms with Crippen LogP contribution in [0.3, 0.4) is 0 Å². The highest BCUT2D eigenvalue weighted by Gasteiger charge is 2.35. The number of rotatable bonds is 0. The zero-order chi connectivity index (χ0) is 10.4. The summed E-state index contributed by atoms with van der Waals surface area (Å²) in [6.07, 6.45) is 1.30. The fourth-order valence-corrected chi connectivity index (χ4v) is 3.02. The van der Waals surface area contributed by atoms with E-state index in [4.69, 9.17) is 0 Å². The second-order valence-corrected chi connectivity index (χ2v) is 4.95. The lowest BCUT2D eigenvalue weighted by molar-refractivity contribution is 0.245. The molecule has 0 bridgehead atoms. The number of likely N-dealkylation sites (tertiary alicyclic amines) is 1. The molecular formula is C13H18N2. The summed E-state index contributed by atoms with van der Waals surface area (Å²) in [4.78, 5) is 2.43. The minimum absolute atomic E-state index is 0.639. The lowest BCUT2D eigenvalue weighted by Crippen LogP contribution is -2.41. The Labute approximate surface area is 91.3 Å². The number of fused-ring (bicyclic) bond motifs is 3. The highest BCUT2D eigenvalue weighted by Crippen LogP contribution is 2.41. The van der Waals surface area contributed by atoms with Gasteiger partial charge < -0.3 is 10.2 Å². The summed E-state index contributed by atoms with van der Waals surface area (Å²) < 4.78 is 0. The van der Waals surface area contributed by atoms with Crippen molar-refractivity contribution in [3.8, 4) is 0 Å². The van der Waals surface area contributed by atoms with Gasteiger partial charge in [-0.15, -0.1) is 0 Å². The molecule has 1 aromatic rings. The van der Waals surface area contributed by atoms with Gasteiger partial charge in [0, 0.05) is 24.2 Å². The molecule has 15 heavy (non-hydrogen) atoms. The SMILES string of the molecule is Cc1cccc2c1NC1CN(C)CCC21. The van der Waals surface area contributed by atoms with Crippen molar-refractivity contribution in [1.82, 2.24) is 4.90 Å². The van der Waals surface area contributed by atoms with E-state index in [1.807, 2.05) is 0 Å². The van der Waals surface area contributed by atoms with Crippen molar-refractivity contribution in [2.45, 2.75) is 25.3 Å². The Hall–Kier alpha value is -1.02. The van der Waals surface area contributed by atoms with Crippen LogP contribution < -0.4 is 5.32 Å². The van der Waals surface area contributed by atoms with Crippen LogP contribution in [0.4, 0.5) is 5.69 Å². The molecule has 0 saturated carbocycles. The van der Waals surface area contributed by atoms with Crippen LogP contribution in [0.25, 0.3) is 0 Å². The highest BCUT2D eigenvalue weighted by molar-refractivity contribution is 5.64. The number of nitrogens with zero attached hydrogens (tertiary/aromatic N) is 1. The van der Waals surface area contributed by atoms with Gasteiger partial charge >= 0.3 is 0 Å². The zero-order valence-electron chi connectivity index (χ0n) is 9.46. The standard InChI is InChI=1S/C13H18N2/c1-9-4-3-5-11-10-6-7-15(2)8-12(10)14-13(9)11/h3-5,10,12,14H,6-8H2,1-2H3. The van der Waals surface area contributed by atoms with Gasteiger partial charge in [-0.1, -0.05) is 18.2 Å². The summed E-state index contributed by atoms with van der Waals surface area (Å²) in [5.41, 5.74) is 4.35. The Kier molecular flexibility index (Phi) is 1.99. The molecule has 0 spiro atoms. The van der Waals surface area contributed by atoms with Crippen LogP contribution in [0.15, 0.2) is 18.2 Å². The van der Waals surface area contributed by atoms with Gasteiger partial charge in [-0.3, -0.25) is 0 Å². The predicted octanol–water partition coefficient (Wildman–Crippen LogP) is 2.21. The first-order valence-electron chi connectivity index (χ1n) is 5.80. The van der Waals surface area contributed by atoms with Crippen molar-refractivity contribution >= 4 is 5.69 Å². The fourth-order valence-electron chi connectivity index (χ4n) is 3.02. The highest BCUT2D eigenvalue weighted by atomic mass is 15.2. The largest absolute Gasteiger partial charge is 0.380 e. The topological polar surface area (TPSA) is 15.3 Å². The summed E-state index contributed by atoms with van der Waals surface area (Å²) in [5, 5.41) is 3.69. The molecule has 2 atom stereocenters. The molecule has 80 valence electrons. The quantitative estimate of drug-likeness (QED) is 0.694. The van der Waals surface area contributed by atoms with E-state index in [9.17, 15) is 0 Å². The molecule has 1 aromatic carbocycles. The normalized spacial score (nSPS) is 29.5. The van der Waals surface area contributed by atoms with Crippen molar-refractivity contribution in [2.75, 3.05) is 25.5 Å². The third-order valence-electron chi connectivity index (χ3n) is 3.85. The Balaban J connectivity index is 1.99. The zero-order valence-corrected chi connectivity index (χ0v) is 9.46. The van der Waals surface area contributed by atoms with Gasteiger partial charge in [0.25, 0.3) is 0 Å². The third kappa shape index (κ3) is 1.36. The molecule has 2 heterocycles. The summed E-state index contributed by atoms with van der Waals surface area (Å²) >= 11 is 0. The molecule has 1 N–H and O–H groups in total. The maximum atomic E-state index is 3.69. The van der Waals surface area contributed by atoms with Crippen molar-refractivity contribution in [2.24, 2.45) is 0 Å². The molecule has 0 amide bonds. The van der Waals surface area contributed by atoms with E-state index < -0.39 is 0 Å². The predicted molar refractivity (Wildman–Crippen MR) is 63.4 cm³/mol. The summed E-state index contributed by atoms with van der Waals surface area (Å²) in [6.45, 7) is 4.61. The van der Waals surface area contributed by atoms with Crippen LogP contribution in [0.5, 0.6) is 0 Å². The smallest absolute Gasteiger partial charge is 0.0458 e. The first-order valence-corrected chi connectivity index (χ1v) is 5.80. The Morgan fingerprint density at radius 1 is 1.40 bits per heavy atom. The van der Waals surface area contributed by atoms with Crippen molar-refractivity contribution < 1.29 is 0 Å². The van der Waals surface area contributed by atoms with Crippen molar-refractivity contribution in [3.63, 3.8) is 0 Å². The van der Waals surface area contributed by atoms with Gasteiger partial charge in [0.1, 0.15) is 0 Å². The van der Waals surface area contributed by atoms with Crippen LogP contribution >= 0.6 is 0 Å². The van der Waals surface area contributed by atoms with Gasteiger partial charge in [0.2, 0.25) is 0 Å². The molecule has 3 rings (SSSR count). The molecule has 0 aromatic heterocycles. The fraction of sp³-hybridized carbons (Fsp3) is 0.538. The van der Waals surface area contributed by atoms with E-state index in [0.29, 0.717) is 6.04 Å². The van der Waals surface area contributed by atoms with E-state index in [-0.39, 0.29) is 0 Å². The van der Waals surface area contributed by atoms with Gasteiger partial charge in [-0.2, -0.15) is 0 Å². The number of anilines is 1. The average molecular weight is 202 g/mol. The average Bonchev–Trinajstić information content (AvgIpc) is 2.57. The molecule has 2 heteroatoms. The molecule has 1 fully saturated rings. The van der Waals surface area contributed by atoms with Crippen LogP contribution in [0.1, 0.15) is 23.5 Å². The number of piperidine rings is 1. The van der Waals surface area contributed by atoms with Gasteiger partial charge in [0.15, 0.2) is 0 Å². The maximum Gasteiger partial charge on any atom is 0.0458 e. The number of hydrogen-bond acceptors (Lipinski definition) is 2. The Morgan fingerprint density at radius 2 is 2.27 bits per heavy atom. The summed E-state index contributed by atoms with van der Waals surface area (Å²) in [6, 6.07) is 7.33. The van der Waals surface area contributed by atoms with E-state index in [1.54, 1.807) is 5.56 Å². The molecule has 2 aliphatic heterocycles. The number of hydrogen-bond donors (Lipinski definition) is 1. The molecular weight excluding hydrogens is 184 g/mol. The van der Waals surface area contributed by atoms with Gasteiger partial charge in [0.05, 0.1) is 0 Å². The summed E-state index contributed by atoms with van der Waals surface area (Å²) in [5.74, 6) is 0.746. The van der Waals surface area contributed by atoms with Crippen LogP contribution in [-0.4, -0.2) is 31.1 Å². The number of benzene rings is 1. The van der Waals surface area contributed by atoms with Crippen molar-refractivity contribution in [1.29, 1.82) is 0 Å². The third-order valence-corrected chi connectivity index (χ3v) is 3.85. The van der Waals surface area contributed by atoms with E-state index >= 15 is 0 Å². The van der Waals surface area contributed by atoms with E-state index in [0.717, 1.165) is 5.92 Å². The lowest BCUT2D eigenvalue weighted by atomic mass is 9.88.